The van der Waals surface area contributed by atoms with Crippen LogP contribution in [0.3, 0.4) is 0 Å². The van der Waals surface area contributed by atoms with Gasteiger partial charge in [-0.25, -0.2) is 4.98 Å². The van der Waals surface area contributed by atoms with Crippen LogP contribution in [0, 0.1) is 0 Å². The molecule has 4 nitrogen and oxygen atoms in total. The minimum Gasteiger partial charge on any atom is -0.334 e. The number of aromatic nitrogens is 2. The molecule has 0 aliphatic heterocycles. The van der Waals surface area contributed by atoms with Crippen molar-refractivity contribution in [3.63, 3.8) is 0 Å². The van der Waals surface area contributed by atoms with Crippen LogP contribution in [0.2, 0.25) is 5.02 Å². The highest BCUT2D eigenvalue weighted by Gasteiger charge is 2.30. The zero-order chi connectivity index (χ0) is 19.6. The van der Waals surface area contributed by atoms with Crippen molar-refractivity contribution < 1.29 is 18.0 Å². The molecule has 0 saturated heterocycles. The first-order chi connectivity index (χ1) is 12.7. The molecule has 0 aliphatic carbocycles. The number of rotatable bonds is 4. The van der Waals surface area contributed by atoms with Crippen molar-refractivity contribution in [2.75, 3.05) is 5.32 Å². The molecular formula is C19H15ClF3N3O. The summed E-state index contributed by atoms with van der Waals surface area (Å²) in [6.45, 7) is 0. The van der Waals surface area contributed by atoms with Crippen LogP contribution in [0.15, 0.2) is 54.7 Å². The van der Waals surface area contributed by atoms with Crippen molar-refractivity contribution in [3.8, 4) is 11.4 Å². The maximum Gasteiger partial charge on any atom is 0.416 e. The van der Waals surface area contributed by atoms with E-state index in [2.05, 4.69) is 10.3 Å². The molecule has 8 heteroatoms. The van der Waals surface area contributed by atoms with E-state index in [9.17, 15) is 18.0 Å². The van der Waals surface area contributed by atoms with Crippen molar-refractivity contribution in [3.05, 3.63) is 71.0 Å². The minimum absolute atomic E-state index is 0.0579. The number of aryl methyl sites for hydroxylation is 1. The molecule has 0 fully saturated rings. The van der Waals surface area contributed by atoms with E-state index >= 15 is 0 Å². The number of amides is 1. The van der Waals surface area contributed by atoms with Crippen LogP contribution in [-0.4, -0.2) is 15.5 Å². The summed E-state index contributed by atoms with van der Waals surface area (Å²) in [6, 6.07) is 11.6. The average molecular weight is 394 g/mol. The van der Waals surface area contributed by atoms with Crippen LogP contribution in [0.25, 0.3) is 11.4 Å². The Balaban J connectivity index is 1.72. The number of hydrogen-bond donors (Lipinski definition) is 1. The van der Waals surface area contributed by atoms with Crippen LogP contribution in [0.5, 0.6) is 0 Å². The summed E-state index contributed by atoms with van der Waals surface area (Å²) in [6.07, 6.45) is -2.82. The molecule has 0 unspecified atom stereocenters. The van der Waals surface area contributed by atoms with E-state index in [0.29, 0.717) is 16.5 Å². The summed E-state index contributed by atoms with van der Waals surface area (Å²) in [5, 5.41) is 3.08. The van der Waals surface area contributed by atoms with Crippen LogP contribution in [0.4, 0.5) is 18.9 Å². The lowest BCUT2D eigenvalue weighted by atomic mass is 10.2. The van der Waals surface area contributed by atoms with E-state index in [1.165, 1.54) is 12.1 Å². The van der Waals surface area contributed by atoms with Gasteiger partial charge < -0.3 is 9.88 Å². The summed E-state index contributed by atoms with van der Waals surface area (Å²) >= 11 is 5.88. The molecule has 0 aliphatic rings. The maximum atomic E-state index is 12.8. The van der Waals surface area contributed by atoms with E-state index in [-0.39, 0.29) is 12.1 Å². The summed E-state index contributed by atoms with van der Waals surface area (Å²) in [5.74, 6) is 0.212. The quantitative estimate of drug-likeness (QED) is 0.682. The number of benzene rings is 2. The van der Waals surface area contributed by atoms with Crippen molar-refractivity contribution in [1.29, 1.82) is 0 Å². The number of nitrogens with zero attached hydrogens (tertiary/aromatic N) is 2. The zero-order valence-corrected chi connectivity index (χ0v) is 15.0. The number of carbonyl (C=O) groups excluding carboxylic acids is 1. The SMILES string of the molecule is Cn1cc(CC(=O)Nc2cccc(C(F)(F)F)c2)nc1-c1ccc(Cl)cc1. The standard InChI is InChI=1S/C19H15ClF3N3O/c1-26-11-16(25-18(26)12-5-7-14(20)8-6-12)10-17(27)24-15-4-2-3-13(9-15)19(21,22)23/h2-9,11H,10H2,1H3,(H,24,27). The van der Waals surface area contributed by atoms with E-state index in [1.54, 1.807) is 29.9 Å². The van der Waals surface area contributed by atoms with Gasteiger partial charge >= 0.3 is 6.18 Å². The van der Waals surface area contributed by atoms with Crippen LogP contribution < -0.4 is 5.32 Å². The molecule has 1 N–H and O–H groups in total. The van der Waals surface area contributed by atoms with Crippen LogP contribution in [0.1, 0.15) is 11.3 Å². The molecule has 0 radical (unpaired) electrons. The maximum absolute atomic E-state index is 12.8. The molecule has 3 aromatic rings. The Bertz CT molecular complexity index is 965. The predicted octanol–water partition coefficient (Wildman–Crippen LogP) is 4.94. The number of anilines is 1. The van der Waals surface area contributed by atoms with Gasteiger partial charge in [0.1, 0.15) is 5.82 Å². The second kappa shape index (κ2) is 7.44. The van der Waals surface area contributed by atoms with Gasteiger partial charge in [0.15, 0.2) is 0 Å². The molecule has 1 amide bonds. The van der Waals surface area contributed by atoms with Gasteiger partial charge in [-0.15, -0.1) is 0 Å². The van der Waals surface area contributed by atoms with Gasteiger partial charge in [0, 0.05) is 29.5 Å². The Morgan fingerprint density at radius 2 is 1.89 bits per heavy atom. The minimum atomic E-state index is -4.46. The molecule has 0 spiro atoms. The highest BCUT2D eigenvalue weighted by molar-refractivity contribution is 6.30. The van der Waals surface area contributed by atoms with Crippen molar-refractivity contribution in [2.24, 2.45) is 7.05 Å². The Hall–Kier alpha value is -2.80. The first-order valence-electron chi connectivity index (χ1n) is 7.97. The monoisotopic (exact) mass is 393 g/mol. The lowest BCUT2D eigenvalue weighted by Gasteiger charge is -2.09. The first kappa shape index (κ1) is 19.0. The van der Waals surface area contributed by atoms with Gasteiger partial charge in [-0.2, -0.15) is 13.2 Å². The van der Waals surface area contributed by atoms with Crippen LogP contribution >= 0.6 is 11.6 Å². The topological polar surface area (TPSA) is 46.9 Å². The Morgan fingerprint density at radius 3 is 2.56 bits per heavy atom. The Kier molecular flexibility index (Phi) is 5.23. The number of halogens is 4. The Labute approximate surface area is 158 Å². The third kappa shape index (κ3) is 4.68. The molecule has 0 bridgehead atoms. The fourth-order valence-electron chi connectivity index (χ4n) is 2.62. The summed E-state index contributed by atoms with van der Waals surface area (Å²) in [5.41, 5.74) is 0.616. The van der Waals surface area contributed by atoms with E-state index < -0.39 is 17.6 Å². The van der Waals surface area contributed by atoms with Gasteiger partial charge in [-0.1, -0.05) is 17.7 Å². The normalized spacial score (nSPS) is 11.4. The zero-order valence-electron chi connectivity index (χ0n) is 14.2. The van der Waals surface area contributed by atoms with Crippen LogP contribution in [-0.2, 0) is 24.4 Å². The number of nitrogens with one attached hydrogen (secondary N) is 1. The number of hydrogen-bond acceptors (Lipinski definition) is 2. The summed E-state index contributed by atoms with van der Waals surface area (Å²) in [4.78, 5) is 16.6. The summed E-state index contributed by atoms with van der Waals surface area (Å²) < 4.78 is 40.0. The third-order valence-corrected chi connectivity index (χ3v) is 4.10. The number of carbonyl (C=O) groups is 1. The molecule has 0 saturated carbocycles. The molecule has 2 aromatic carbocycles. The molecule has 0 atom stereocenters. The molecule has 1 heterocycles. The third-order valence-electron chi connectivity index (χ3n) is 3.84. The van der Waals surface area contributed by atoms with E-state index in [1.807, 2.05) is 12.1 Å². The van der Waals surface area contributed by atoms with E-state index in [4.69, 9.17) is 11.6 Å². The molecular weight excluding hydrogens is 379 g/mol. The van der Waals surface area contributed by atoms with Gasteiger partial charge in [-0.05, 0) is 42.5 Å². The fraction of sp³-hybridized carbons (Fsp3) is 0.158. The van der Waals surface area contributed by atoms with Crippen molar-refractivity contribution in [1.82, 2.24) is 9.55 Å². The molecule has 3 rings (SSSR count). The second-order valence-electron chi connectivity index (χ2n) is 5.98. The number of imidazole rings is 1. The molecule has 140 valence electrons. The second-order valence-corrected chi connectivity index (χ2v) is 6.41. The highest BCUT2D eigenvalue weighted by atomic mass is 35.5. The van der Waals surface area contributed by atoms with Gasteiger partial charge in [0.25, 0.3) is 0 Å². The van der Waals surface area contributed by atoms with Gasteiger partial charge in [0.2, 0.25) is 5.91 Å². The smallest absolute Gasteiger partial charge is 0.334 e. The van der Waals surface area contributed by atoms with Gasteiger partial charge in [0.05, 0.1) is 17.7 Å². The number of alkyl halides is 3. The largest absolute Gasteiger partial charge is 0.416 e. The molecule has 1 aromatic heterocycles. The van der Waals surface area contributed by atoms with Gasteiger partial charge in [-0.3, -0.25) is 4.79 Å². The van der Waals surface area contributed by atoms with Crippen molar-refractivity contribution >= 4 is 23.2 Å². The summed E-state index contributed by atoms with van der Waals surface area (Å²) in [7, 11) is 1.80. The predicted molar refractivity (Wildman–Crippen MR) is 97.4 cm³/mol. The first-order valence-corrected chi connectivity index (χ1v) is 8.35. The lowest BCUT2D eigenvalue weighted by molar-refractivity contribution is -0.137. The van der Waals surface area contributed by atoms with E-state index in [0.717, 1.165) is 17.7 Å². The fourth-order valence-corrected chi connectivity index (χ4v) is 2.75. The average Bonchev–Trinajstić information content (AvgIpc) is 2.95. The molecule has 27 heavy (non-hydrogen) atoms. The highest BCUT2D eigenvalue weighted by Crippen LogP contribution is 2.30. The Morgan fingerprint density at radius 1 is 1.19 bits per heavy atom. The van der Waals surface area contributed by atoms with Crippen molar-refractivity contribution in [2.45, 2.75) is 12.6 Å². The lowest BCUT2D eigenvalue weighted by Crippen LogP contribution is -2.15.